The number of aromatic nitrogens is 1. The lowest BCUT2D eigenvalue weighted by Crippen LogP contribution is -2.19. The number of aryl methyl sites for hydroxylation is 2. The highest BCUT2D eigenvalue weighted by atomic mass is 32.2. The van der Waals surface area contributed by atoms with E-state index in [-0.39, 0.29) is 5.56 Å². The molecule has 1 unspecified atom stereocenters. The Hall–Kier alpha value is -1.88. The summed E-state index contributed by atoms with van der Waals surface area (Å²) in [6.07, 6.45) is 2.29. The summed E-state index contributed by atoms with van der Waals surface area (Å²) in [6.45, 7) is 2.51. The predicted octanol–water partition coefficient (Wildman–Crippen LogP) is 1.94. The van der Waals surface area contributed by atoms with Crippen LogP contribution in [0.3, 0.4) is 0 Å². The number of nitrogens with zero attached hydrogens (tertiary/aromatic N) is 1. The molecular weight excluding hydrogens is 272 g/mol. The maximum absolute atomic E-state index is 12.1. The first-order chi connectivity index (χ1) is 9.56. The first-order valence-corrected chi connectivity index (χ1v) is 7.79. The zero-order valence-corrected chi connectivity index (χ0v) is 12.2. The van der Waals surface area contributed by atoms with Crippen LogP contribution in [0.4, 0.5) is 5.69 Å². The van der Waals surface area contributed by atoms with Crippen molar-refractivity contribution in [2.75, 3.05) is 11.5 Å². The molecular formula is C15H18N2O2S. The normalized spacial score (nSPS) is 12.2. The Morgan fingerprint density at radius 1 is 1.25 bits per heavy atom. The Morgan fingerprint density at radius 2 is 2.05 bits per heavy atom. The first-order valence-electron chi connectivity index (χ1n) is 6.47. The van der Waals surface area contributed by atoms with Gasteiger partial charge in [0.05, 0.1) is 10.8 Å². The fraction of sp³-hybridized carbons (Fsp3) is 0.267. The van der Waals surface area contributed by atoms with Gasteiger partial charge in [0.2, 0.25) is 0 Å². The number of benzene rings is 1. The van der Waals surface area contributed by atoms with Crippen LogP contribution in [0.2, 0.25) is 0 Å². The SMILES string of the molecule is Cc1cccc(S(=O)CCCn2cc(N)ccc2=O)c1. The highest BCUT2D eigenvalue weighted by Crippen LogP contribution is 2.10. The molecule has 4 nitrogen and oxygen atoms in total. The van der Waals surface area contributed by atoms with Crippen LogP contribution in [-0.2, 0) is 17.3 Å². The first kappa shape index (κ1) is 14.5. The average molecular weight is 290 g/mol. The molecule has 0 radical (unpaired) electrons. The molecule has 0 spiro atoms. The summed E-state index contributed by atoms with van der Waals surface area (Å²) in [5, 5.41) is 0. The van der Waals surface area contributed by atoms with E-state index in [9.17, 15) is 9.00 Å². The minimum atomic E-state index is -1.03. The van der Waals surface area contributed by atoms with E-state index in [0.29, 0.717) is 24.4 Å². The van der Waals surface area contributed by atoms with Gasteiger partial charge in [-0.15, -0.1) is 0 Å². The molecule has 0 bridgehead atoms. The summed E-state index contributed by atoms with van der Waals surface area (Å²) in [5.41, 5.74) is 7.22. The van der Waals surface area contributed by atoms with E-state index in [0.717, 1.165) is 10.5 Å². The van der Waals surface area contributed by atoms with Crippen LogP contribution < -0.4 is 11.3 Å². The predicted molar refractivity (Wildman–Crippen MR) is 82.2 cm³/mol. The molecule has 106 valence electrons. The molecule has 0 fully saturated rings. The van der Waals surface area contributed by atoms with Crippen LogP contribution in [0.25, 0.3) is 0 Å². The van der Waals surface area contributed by atoms with Crippen LogP contribution in [0, 0.1) is 6.92 Å². The molecule has 2 rings (SSSR count). The topological polar surface area (TPSA) is 65.1 Å². The van der Waals surface area contributed by atoms with Gasteiger partial charge in [-0.2, -0.15) is 0 Å². The van der Waals surface area contributed by atoms with Gasteiger partial charge in [-0.3, -0.25) is 9.00 Å². The number of hydrogen-bond acceptors (Lipinski definition) is 3. The van der Waals surface area contributed by atoms with E-state index in [1.54, 1.807) is 16.8 Å². The van der Waals surface area contributed by atoms with Crippen molar-refractivity contribution in [3.63, 3.8) is 0 Å². The summed E-state index contributed by atoms with van der Waals surface area (Å²) in [5.74, 6) is 0.532. The van der Waals surface area contributed by atoms with Crippen molar-refractivity contribution in [2.45, 2.75) is 24.8 Å². The second kappa shape index (κ2) is 6.52. The minimum absolute atomic E-state index is 0.0828. The minimum Gasteiger partial charge on any atom is -0.398 e. The Bertz CT molecular complexity index is 680. The highest BCUT2D eigenvalue weighted by Gasteiger charge is 2.04. The quantitative estimate of drug-likeness (QED) is 0.915. The van der Waals surface area contributed by atoms with E-state index in [1.807, 2.05) is 31.2 Å². The standard InChI is InChI=1S/C15H18N2O2S/c1-12-4-2-5-14(10-12)20(19)9-3-8-17-11-13(16)6-7-15(17)18/h2,4-7,10-11H,3,8-9,16H2,1H3. The molecule has 1 heterocycles. The third-order valence-electron chi connectivity index (χ3n) is 2.99. The fourth-order valence-corrected chi connectivity index (χ4v) is 3.14. The lowest BCUT2D eigenvalue weighted by atomic mass is 10.2. The Labute approximate surface area is 120 Å². The largest absolute Gasteiger partial charge is 0.398 e. The van der Waals surface area contributed by atoms with Crippen molar-refractivity contribution < 1.29 is 4.21 Å². The average Bonchev–Trinajstić information content (AvgIpc) is 2.42. The maximum Gasteiger partial charge on any atom is 0.250 e. The monoisotopic (exact) mass is 290 g/mol. The number of hydrogen-bond donors (Lipinski definition) is 1. The lowest BCUT2D eigenvalue weighted by Gasteiger charge is -2.07. The van der Waals surface area contributed by atoms with E-state index >= 15 is 0 Å². The van der Waals surface area contributed by atoms with Crippen LogP contribution in [0.1, 0.15) is 12.0 Å². The number of nitrogen functional groups attached to an aromatic ring is 1. The number of rotatable bonds is 5. The van der Waals surface area contributed by atoms with E-state index in [4.69, 9.17) is 5.73 Å². The Morgan fingerprint density at radius 3 is 2.80 bits per heavy atom. The van der Waals surface area contributed by atoms with E-state index in [2.05, 4.69) is 0 Å². The van der Waals surface area contributed by atoms with Crippen molar-refractivity contribution >= 4 is 16.5 Å². The van der Waals surface area contributed by atoms with Gasteiger partial charge in [-0.1, -0.05) is 12.1 Å². The molecule has 1 atom stereocenters. The summed E-state index contributed by atoms with van der Waals surface area (Å²) in [7, 11) is -1.03. The van der Waals surface area contributed by atoms with Gasteiger partial charge in [0, 0.05) is 35.1 Å². The van der Waals surface area contributed by atoms with Gasteiger partial charge in [-0.25, -0.2) is 0 Å². The summed E-state index contributed by atoms with van der Waals surface area (Å²) in [4.78, 5) is 12.4. The van der Waals surface area contributed by atoms with Gasteiger partial charge in [-0.05, 0) is 37.1 Å². The molecule has 1 aromatic carbocycles. The number of anilines is 1. The molecule has 0 aliphatic heterocycles. The van der Waals surface area contributed by atoms with Gasteiger partial charge >= 0.3 is 0 Å². The fourth-order valence-electron chi connectivity index (χ4n) is 1.97. The molecule has 1 aromatic heterocycles. The molecule has 2 N–H and O–H groups in total. The second-order valence-corrected chi connectivity index (χ2v) is 6.28. The van der Waals surface area contributed by atoms with Gasteiger partial charge < -0.3 is 10.3 Å². The molecule has 20 heavy (non-hydrogen) atoms. The van der Waals surface area contributed by atoms with Crippen molar-refractivity contribution in [2.24, 2.45) is 0 Å². The van der Waals surface area contributed by atoms with Crippen molar-refractivity contribution in [3.8, 4) is 0 Å². The van der Waals surface area contributed by atoms with Crippen LogP contribution in [0.5, 0.6) is 0 Å². The van der Waals surface area contributed by atoms with Gasteiger partial charge in [0.1, 0.15) is 0 Å². The summed E-state index contributed by atoms with van der Waals surface area (Å²) < 4.78 is 13.7. The molecule has 5 heteroatoms. The molecule has 0 amide bonds. The smallest absolute Gasteiger partial charge is 0.250 e. The summed E-state index contributed by atoms with van der Waals surface area (Å²) >= 11 is 0. The van der Waals surface area contributed by atoms with Crippen molar-refractivity contribution in [3.05, 3.63) is 58.5 Å². The second-order valence-electron chi connectivity index (χ2n) is 4.71. The van der Waals surface area contributed by atoms with E-state index < -0.39 is 10.8 Å². The zero-order valence-electron chi connectivity index (χ0n) is 11.4. The highest BCUT2D eigenvalue weighted by molar-refractivity contribution is 7.85. The lowest BCUT2D eigenvalue weighted by molar-refractivity contribution is 0.644. The maximum atomic E-state index is 12.1. The molecule has 0 saturated carbocycles. The van der Waals surface area contributed by atoms with Crippen LogP contribution >= 0.6 is 0 Å². The Balaban J connectivity index is 1.94. The number of pyridine rings is 1. The molecule has 0 aliphatic carbocycles. The number of nitrogens with two attached hydrogens (primary N) is 1. The Kier molecular flexibility index (Phi) is 4.74. The third kappa shape index (κ3) is 3.81. The van der Waals surface area contributed by atoms with Crippen LogP contribution in [0.15, 0.2) is 52.3 Å². The molecule has 2 aromatic rings. The molecule has 0 aliphatic rings. The summed E-state index contributed by atoms with van der Waals surface area (Å²) in [6, 6.07) is 10.7. The van der Waals surface area contributed by atoms with Gasteiger partial charge in [0.15, 0.2) is 0 Å². The van der Waals surface area contributed by atoms with Gasteiger partial charge in [0.25, 0.3) is 5.56 Å². The van der Waals surface area contributed by atoms with Crippen molar-refractivity contribution in [1.29, 1.82) is 0 Å². The zero-order chi connectivity index (χ0) is 14.5. The van der Waals surface area contributed by atoms with Crippen molar-refractivity contribution in [1.82, 2.24) is 4.57 Å². The molecule has 0 saturated heterocycles. The third-order valence-corrected chi connectivity index (χ3v) is 4.43. The van der Waals surface area contributed by atoms with Crippen LogP contribution in [-0.4, -0.2) is 14.5 Å². The van der Waals surface area contributed by atoms with E-state index in [1.165, 1.54) is 6.07 Å².